The Morgan fingerprint density at radius 3 is 2.32 bits per heavy atom. The molecule has 0 radical (unpaired) electrons. The summed E-state index contributed by atoms with van der Waals surface area (Å²) in [5.41, 5.74) is 4.79. The average Bonchev–Trinajstić information content (AvgIpc) is 3.21. The maximum atomic E-state index is 12.6. The van der Waals surface area contributed by atoms with Gasteiger partial charge in [-0.15, -0.1) is 0 Å². The van der Waals surface area contributed by atoms with Crippen LogP contribution in [0.25, 0.3) is 0 Å². The predicted molar refractivity (Wildman–Crippen MR) is 142 cm³/mol. The Morgan fingerprint density at radius 1 is 0.853 bits per heavy atom. The molecule has 1 aliphatic carbocycles. The van der Waals surface area contributed by atoms with Crippen molar-refractivity contribution in [2.75, 3.05) is 33.2 Å². The van der Waals surface area contributed by atoms with Gasteiger partial charge in [-0.1, -0.05) is 78.9 Å². The van der Waals surface area contributed by atoms with Crippen LogP contribution in [0.4, 0.5) is 0 Å². The van der Waals surface area contributed by atoms with Gasteiger partial charge in [-0.05, 0) is 81.4 Å². The minimum Gasteiger partial charge on any atom is -0.338 e. The smallest absolute Gasteiger partial charge is 0.254 e. The Hall–Kier alpha value is -2.91. The fraction of sp³-hybridized carbons (Fsp3) is 0.387. The molecule has 2 aromatic rings. The first-order valence-electron chi connectivity index (χ1n) is 12.7. The first-order chi connectivity index (χ1) is 16.6. The van der Waals surface area contributed by atoms with E-state index in [1.54, 1.807) is 5.57 Å². The van der Waals surface area contributed by atoms with Crippen molar-refractivity contribution in [2.24, 2.45) is 5.92 Å². The Labute approximate surface area is 205 Å². The molecule has 2 aromatic carbocycles. The number of hydrogen-bond acceptors (Lipinski definition) is 2. The van der Waals surface area contributed by atoms with E-state index in [9.17, 15) is 4.79 Å². The maximum absolute atomic E-state index is 12.6. The molecule has 0 saturated carbocycles. The zero-order valence-electron chi connectivity index (χ0n) is 20.7. The zero-order valence-corrected chi connectivity index (χ0v) is 20.7. The Morgan fingerprint density at radius 2 is 1.56 bits per heavy atom. The second-order valence-electron chi connectivity index (χ2n) is 9.77. The number of allylic oxidation sites excluding steroid dienone is 6. The van der Waals surface area contributed by atoms with Crippen LogP contribution >= 0.6 is 0 Å². The highest BCUT2D eigenvalue weighted by atomic mass is 16.2. The fourth-order valence-corrected chi connectivity index (χ4v) is 5.17. The summed E-state index contributed by atoms with van der Waals surface area (Å²) in [5.74, 6) is 1.45. The van der Waals surface area contributed by atoms with Crippen LogP contribution in [0.2, 0.25) is 0 Å². The van der Waals surface area contributed by atoms with Crippen LogP contribution in [-0.4, -0.2) is 48.9 Å². The number of hydrogen-bond donors (Lipinski definition) is 0. The lowest BCUT2D eigenvalue weighted by Gasteiger charge is -2.29. The van der Waals surface area contributed by atoms with Crippen LogP contribution in [0.5, 0.6) is 0 Å². The topological polar surface area (TPSA) is 23.6 Å². The summed E-state index contributed by atoms with van der Waals surface area (Å²) in [4.78, 5) is 17.0. The fourth-order valence-electron chi connectivity index (χ4n) is 5.17. The van der Waals surface area contributed by atoms with Gasteiger partial charge in [0, 0.05) is 24.6 Å². The summed E-state index contributed by atoms with van der Waals surface area (Å²) in [6, 6.07) is 18.3. The molecule has 2 heterocycles. The van der Waals surface area contributed by atoms with Crippen LogP contribution in [0.15, 0.2) is 90.6 Å². The normalized spacial score (nSPS) is 20.9. The number of benzene rings is 2. The molecule has 34 heavy (non-hydrogen) atoms. The minimum absolute atomic E-state index is 0.168. The van der Waals surface area contributed by atoms with Gasteiger partial charge in [0.1, 0.15) is 0 Å². The summed E-state index contributed by atoms with van der Waals surface area (Å²) in [6.45, 7) is 6.19. The number of amides is 1. The molecule has 0 unspecified atom stereocenters. The Bertz CT molecular complexity index is 1030. The molecule has 3 heteroatoms. The highest BCUT2D eigenvalue weighted by molar-refractivity contribution is 5.95. The van der Waals surface area contributed by atoms with E-state index < -0.39 is 0 Å². The summed E-state index contributed by atoms with van der Waals surface area (Å²) in [6.07, 6.45) is 16.0. The molecule has 5 rings (SSSR count). The highest BCUT2D eigenvalue weighted by Gasteiger charge is 2.28. The second-order valence-corrected chi connectivity index (χ2v) is 9.77. The number of likely N-dealkylation sites (tertiary alicyclic amines) is 2. The number of rotatable bonds is 3. The Kier molecular flexibility index (Phi) is 8.54. The molecule has 0 bridgehead atoms. The largest absolute Gasteiger partial charge is 0.338 e. The molecule has 1 amide bonds. The van der Waals surface area contributed by atoms with E-state index in [0.29, 0.717) is 5.92 Å². The first kappa shape index (κ1) is 24.2. The molecule has 0 spiro atoms. The van der Waals surface area contributed by atoms with Crippen molar-refractivity contribution in [3.63, 3.8) is 0 Å². The van der Waals surface area contributed by atoms with Gasteiger partial charge in [0.05, 0.1) is 0 Å². The van der Waals surface area contributed by atoms with Gasteiger partial charge in [-0.3, -0.25) is 4.79 Å². The van der Waals surface area contributed by atoms with Gasteiger partial charge in [0.25, 0.3) is 5.91 Å². The van der Waals surface area contributed by atoms with E-state index in [2.05, 4.69) is 66.6 Å². The van der Waals surface area contributed by atoms with E-state index in [1.165, 1.54) is 31.5 Å². The molecule has 0 aromatic heterocycles. The van der Waals surface area contributed by atoms with Gasteiger partial charge in [0.2, 0.25) is 0 Å². The van der Waals surface area contributed by atoms with Gasteiger partial charge < -0.3 is 9.80 Å². The molecule has 178 valence electrons. The first-order valence-corrected chi connectivity index (χ1v) is 12.7. The third-order valence-corrected chi connectivity index (χ3v) is 7.34. The van der Waals surface area contributed by atoms with E-state index >= 15 is 0 Å². The third kappa shape index (κ3) is 6.36. The summed E-state index contributed by atoms with van der Waals surface area (Å²) in [5, 5.41) is 0. The molecule has 1 atom stereocenters. The number of aryl methyl sites for hydroxylation is 1. The lowest BCUT2D eigenvalue weighted by atomic mass is 9.88. The highest BCUT2D eigenvalue weighted by Crippen LogP contribution is 2.28. The molecule has 2 saturated heterocycles. The number of carbonyl (C=O) groups is 1. The maximum Gasteiger partial charge on any atom is 0.254 e. The van der Waals surface area contributed by atoms with Crippen LogP contribution in [0.3, 0.4) is 0 Å². The molecule has 3 aliphatic rings. The lowest BCUT2D eigenvalue weighted by molar-refractivity contribution is 0.0790. The monoisotopic (exact) mass is 454 g/mol. The molecular weight excluding hydrogens is 416 g/mol. The van der Waals surface area contributed by atoms with Crippen LogP contribution in [-0.2, 0) is 0 Å². The van der Waals surface area contributed by atoms with Gasteiger partial charge in [-0.2, -0.15) is 0 Å². The summed E-state index contributed by atoms with van der Waals surface area (Å²) < 4.78 is 0. The predicted octanol–water partition coefficient (Wildman–Crippen LogP) is 6.40. The van der Waals surface area contributed by atoms with Crippen LogP contribution < -0.4 is 0 Å². The van der Waals surface area contributed by atoms with E-state index in [1.807, 2.05) is 42.2 Å². The SMILES string of the molecule is CN1CCC(C2=CCC=CC=C2)CC1.Cc1ccccc1C(=O)N1CC[C@@H](c2ccccc2)C1. The summed E-state index contributed by atoms with van der Waals surface area (Å²) >= 11 is 0. The minimum atomic E-state index is 0.168. The second kappa shape index (κ2) is 12.0. The van der Waals surface area contributed by atoms with E-state index in [-0.39, 0.29) is 5.91 Å². The summed E-state index contributed by atoms with van der Waals surface area (Å²) in [7, 11) is 2.22. The quantitative estimate of drug-likeness (QED) is 0.536. The zero-order chi connectivity index (χ0) is 23.8. The van der Waals surface area contributed by atoms with Gasteiger partial charge in [0.15, 0.2) is 0 Å². The molecule has 3 nitrogen and oxygen atoms in total. The van der Waals surface area contributed by atoms with Gasteiger partial charge >= 0.3 is 0 Å². The molecular formula is C31H38N2O. The number of nitrogens with zero attached hydrogens (tertiary/aromatic N) is 2. The molecule has 0 N–H and O–H groups in total. The van der Waals surface area contributed by atoms with E-state index in [4.69, 9.17) is 0 Å². The van der Waals surface area contributed by atoms with E-state index in [0.717, 1.165) is 43.0 Å². The van der Waals surface area contributed by atoms with Crippen molar-refractivity contribution in [1.29, 1.82) is 0 Å². The van der Waals surface area contributed by atoms with Crippen molar-refractivity contribution in [2.45, 2.75) is 38.5 Å². The van der Waals surface area contributed by atoms with Crippen molar-refractivity contribution in [3.8, 4) is 0 Å². The number of carbonyl (C=O) groups excluding carboxylic acids is 1. The van der Waals surface area contributed by atoms with Gasteiger partial charge in [-0.25, -0.2) is 0 Å². The standard InChI is InChI=1S/C18H19NO.C13H19N/c1-14-7-5-6-10-17(14)18(20)19-12-11-16(13-19)15-8-3-2-4-9-15;1-14-10-8-13(9-11-14)12-6-4-2-3-5-7-12/h2-10,16H,11-13H2,1H3;2-4,6-7,13H,5,8-11H2,1H3/t16-;/m1./s1. The molecule has 2 fully saturated rings. The van der Waals surface area contributed by atoms with Crippen molar-refractivity contribution in [3.05, 3.63) is 107 Å². The van der Waals surface area contributed by atoms with Crippen molar-refractivity contribution in [1.82, 2.24) is 9.80 Å². The van der Waals surface area contributed by atoms with Crippen LogP contribution in [0.1, 0.15) is 53.1 Å². The van der Waals surface area contributed by atoms with Crippen molar-refractivity contribution >= 4 is 5.91 Å². The average molecular weight is 455 g/mol. The Balaban J connectivity index is 0.000000172. The third-order valence-electron chi connectivity index (χ3n) is 7.34. The number of piperidine rings is 1. The van der Waals surface area contributed by atoms with Crippen molar-refractivity contribution < 1.29 is 4.79 Å². The van der Waals surface area contributed by atoms with Crippen LogP contribution in [0, 0.1) is 12.8 Å². The lowest BCUT2D eigenvalue weighted by Crippen LogP contribution is -2.30. The molecule has 2 aliphatic heterocycles.